The third-order valence-corrected chi connectivity index (χ3v) is 3.67. The quantitative estimate of drug-likeness (QED) is 0.648. The SMILES string of the molecule is ClCC(Cc1cc(Cl)cc(Cl)c1)c1ccccc1. The molecule has 0 heterocycles. The van der Waals surface area contributed by atoms with E-state index in [1.807, 2.05) is 30.3 Å². The predicted molar refractivity (Wildman–Crippen MR) is 80.1 cm³/mol. The molecule has 0 amide bonds. The van der Waals surface area contributed by atoms with Crippen LogP contribution in [0.2, 0.25) is 10.0 Å². The van der Waals surface area contributed by atoms with Crippen LogP contribution in [0.1, 0.15) is 17.0 Å². The largest absolute Gasteiger partial charge is 0.126 e. The fourth-order valence-electron chi connectivity index (χ4n) is 2.00. The molecule has 1 atom stereocenters. The molecular formula is C15H13Cl3. The molecule has 2 rings (SSSR count). The smallest absolute Gasteiger partial charge is 0.0423 e. The first-order valence-corrected chi connectivity index (χ1v) is 7.04. The Balaban J connectivity index is 2.20. The van der Waals surface area contributed by atoms with Crippen molar-refractivity contribution in [1.82, 2.24) is 0 Å². The van der Waals surface area contributed by atoms with Crippen molar-refractivity contribution in [3.05, 3.63) is 69.7 Å². The third kappa shape index (κ3) is 3.65. The average Bonchev–Trinajstić information content (AvgIpc) is 2.36. The second-order valence-corrected chi connectivity index (χ2v) is 5.43. The molecule has 0 nitrogen and oxygen atoms in total. The highest BCUT2D eigenvalue weighted by Crippen LogP contribution is 2.26. The monoisotopic (exact) mass is 298 g/mol. The third-order valence-electron chi connectivity index (χ3n) is 2.86. The van der Waals surface area contributed by atoms with Crippen LogP contribution in [0, 0.1) is 0 Å². The minimum atomic E-state index is 0.280. The zero-order valence-corrected chi connectivity index (χ0v) is 12.0. The molecule has 0 fully saturated rings. The van der Waals surface area contributed by atoms with E-state index in [-0.39, 0.29) is 5.92 Å². The van der Waals surface area contributed by atoms with Gasteiger partial charge in [0.2, 0.25) is 0 Å². The highest BCUT2D eigenvalue weighted by molar-refractivity contribution is 6.34. The van der Waals surface area contributed by atoms with Crippen molar-refractivity contribution < 1.29 is 0 Å². The number of hydrogen-bond acceptors (Lipinski definition) is 0. The molecule has 0 saturated carbocycles. The zero-order valence-electron chi connectivity index (χ0n) is 9.74. The molecule has 0 aliphatic heterocycles. The van der Waals surface area contributed by atoms with Gasteiger partial charge in [-0.25, -0.2) is 0 Å². The summed E-state index contributed by atoms with van der Waals surface area (Å²) in [5, 5.41) is 1.33. The molecule has 2 aromatic carbocycles. The Bertz CT molecular complexity index is 488. The van der Waals surface area contributed by atoms with Crippen LogP contribution in [0.25, 0.3) is 0 Å². The van der Waals surface area contributed by atoms with Crippen LogP contribution in [0.4, 0.5) is 0 Å². The Morgan fingerprint density at radius 2 is 1.50 bits per heavy atom. The summed E-state index contributed by atoms with van der Waals surface area (Å²) in [5.74, 6) is 0.858. The van der Waals surface area contributed by atoms with Crippen molar-refractivity contribution in [3.63, 3.8) is 0 Å². The van der Waals surface area contributed by atoms with Gasteiger partial charge in [0.15, 0.2) is 0 Å². The maximum absolute atomic E-state index is 6.07. The molecule has 0 aliphatic rings. The summed E-state index contributed by atoms with van der Waals surface area (Å²) in [6.07, 6.45) is 0.841. The summed E-state index contributed by atoms with van der Waals surface area (Å²) in [7, 11) is 0. The predicted octanol–water partition coefficient (Wildman–Crippen LogP) is 5.56. The van der Waals surface area contributed by atoms with Crippen LogP contribution >= 0.6 is 34.8 Å². The lowest BCUT2D eigenvalue weighted by Crippen LogP contribution is -2.04. The lowest BCUT2D eigenvalue weighted by molar-refractivity contribution is 0.766. The van der Waals surface area contributed by atoms with E-state index in [0.717, 1.165) is 12.0 Å². The van der Waals surface area contributed by atoms with Crippen molar-refractivity contribution in [2.75, 3.05) is 5.88 Å². The second kappa shape index (κ2) is 6.47. The molecular weight excluding hydrogens is 287 g/mol. The van der Waals surface area contributed by atoms with Crippen molar-refractivity contribution >= 4 is 34.8 Å². The molecule has 0 spiro atoms. The Kier molecular flexibility index (Phi) is 4.94. The first kappa shape index (κ1) is 13.7. The molecule has 1 unspecified atom stereocenters. The van der Waals surface area contributed by atoms with Gasteiger partial charge >= 0.3 is 0 Å². The topological polar surface area (TPSA) is 0 Å². The summed E-state index contributed by atoms with van der Waals surface area (Å²) in [5.41, 5.74) is 2.35. The Morgan fingerprint density at radius 3 is 2.06 bits per heavy atom. The van der Waals surface area contributed by atoms with Gasteiger partial charge in [0.25, 0.3) is 0 Å². The Morgan fingerprint density at radius 1 is 0.889 bits per heavy atom. The molecule has 0 aliphatic carbocycles. The van der Waals surface area contributed by atoms with Crippen LogP contribution in [0.5, 0.6) is 0 Å². The minimum absolute atomic E-state index is 0.280. The first-order valence-electron chi connectivity index (χ1n) is 5.75. The van der Waals surface area contributed by atoms with Gasteiger partial charge in [-0.1, -0.05) is 53.5 Å². The minimum Gasteiger partial charge on any atom is -0.126 e. The molecule has 3 heteroatoms. The standard InChI is InChI=1S/C15H13Cl3/c16-10-13(12-4-2-1-3-5-12)6-11-7-14(17)9-15(18)8-11/h1-5,7-9,13H,6,10H2. The lowest BCUT2D eigenvalue weighted by Gasteiger charge is -2.14. The number of benzene rings is 2. The van der Waals surface area contributed by atoms with Gasteiger partial charge < -0.3 is 0 Å². The van der Waals surface area contributed by atoms with E-state index in [9.17, 15) is 0 Å². The van der Waals surface area contributed by atoms with E-state index in [2.05, 4.69) is 12.1 Å². The van der Waals surface area contributed by atoms with E-state index in [1.54, 1.807) is 6.07 Å². The normalized spacial score (nSPS) is 12.4. The van der Waals surface area contributed by atoms with E-state index in [1.165, 1.54) is 5.56 Å². The van der Waals surface area contributed by atoms with Crippen LogP contribution in [0.3, 0.4) is 0 Å². The highest BCUT2D eigenvalue weighted by Gasteiger charge is 2.11. The zero-order chi connectivity index (χ0) is 13.0. The van der Waals surface area contributed by atoms with Crippen molar-refractivity contribution in [2.24, 2.45) is 0 Å². The van der Waals surface area contributed by atoms with Crippen molar-refractivity contribution in [1.29, 1.82) is 0 Å². The van der Waals surface area contributed by atoms with Gasteiger partial charge in [-0.2, -0.15) is 0 Å². The molecule has 0 aromatic heterocycles. The van der Waals surface area contributed by atoms with Crippen molar-refractivity contribution in [3.8, 4) is 0 Å². The first-order chi connectivity index (χ1) is 8.69. The van der Waals surface area contributed by atoms with Crippen LogP contribution in [-0.4, -0.2) is 5.88 Å². The number of alkyl halides is 1. The Hall–Kier alpha value is -0.690. The number of halogens is 3. The fraction of sp³-hybridized carbons (Fsp3) is 0.200. The highest BCUT2D eigenvalue weighted by atomic mass is 35.5. The fourth-order valence-corrected chi connectivity index (χ4v) is 2.86. The molecule has 94 valence electrons. The van der Waals surface area contributed by atoms with Gasteiger partial charge in [-0.05, 0) is 35.7 Å². The molecule has 0 bridgehead atoms. The second-order valence-electron chi connectivity index (χ2n) is 4.24. The summed E-state index contributed by atoms with van der Waals surface area (Å²) in [6, 6.07) is 15.9. The summed E-state index contributed by atoms with van der Waals surface area (Å²) in [6.45, 7) is 0. The molecule has 0 N–H and O–H groups in total. The van der Waals surface area contributed by atoms with Crippen LogP contribution in [0.15, 0.2) is 48.5 Å². The van der Waals surface area contributed by atoms with Crippen LogP contribution in [-0.2, 0) is 6.42 Å². The van der Waals surface area contributed by atoms with Gasteiger partial charge in [-0.15, -0.1) is 11.6 Å². The number of rotatable bonds is 4. The van der Waals surface area contributed by atoms with E-state index in [0.29, 0.717) is 15.9 Å². The molecule has 0 radical (unpaired) electrons. The van der Waals surface area contributed by atoms with E-state index < -0.39 is 0 Å². The van der Waals surface area contributed by atoms with Gasteiger partial charge in [0.1, 0.15) is 0 Å². The molecule has 18 heavy (non-hydrogen) atoms. The lowest BCUT2D eigenvalue weighted by atomic mass is 9.94. The maximum Gasteiger partial charge on any atom is 0.0423 e. The molecule has 0 saturated heterocycles. The summed E-state index contributed by atoms with van der Waals surface area (Å²) >= 11 is 18.1. The van der Waals surface area contributed by atoms with E-state index in [4.69, 9.17) is 34.8 Å². The molecule has 2 aromatic rings. The summed E-state index contributed by atoms with van der Waals surface area (Å²) in [4.78, 5) is 0. The van der Waals surface area contributed by atoms with Crippen LogP contribution < -0.4 is 0 Å². The average molecular weight is 300 g/mol. The van der Waals surface area contributed by atoms with E-state index >= 15 is 0 Å². The van der Waals surface area contributed by atoms with Crippen molar-refractivity contribution in [2.45, 2.75) is 12.3 Å². The Labute approximate surface area is 122 Å². The summed E-state index contributed by atoms with van der Waals surface area (Å²) < 4.78 is 0. The van der Waals surface area contributed by atoms with Gasteiger partial charge in [0.05, 0.1) is 0 Å². The van der Waals surface area contributed by atoms with Gasteiger partial charge in [0, 0.05) is 21.8 Å². The van der Waals surface area contributed by atoms with Gasteiger partial charge in [-0.3, -0.25) is 0 Å². The number of hydrogen-bond donors (Lipinski definition) is 0. The maximum atomic E-state index is 6.07.